The largest absolute Gasteiger partial charge is 0.277 e. The molecule has 0 aliphatic heterocycles. The van der Waals surface area contributed by atoms with Crippen molar-refractivity contribution in [3.05, 3.63) is 194 Å². The summed E-state index contributed by atoms with van der Waals surface area (Å²) in [5.41, 5.74) is 8.60. The van der Waals surface area contributed by atoms with Crippen molar-refractivity contribution in [3.8, 4) is 51.0 Å². The lowest BCUT2D eigenvalue weighted by atomic mass is 9.97. The number of rotatable bonds is 5. The molecule has 12 rings (SSSR count). The van der Waals surface area contributed by atoms with Gasteiger partial charge in [-0.05, 0) is 68.6 Å². The van der Waals surface area contributed by atoms with E-state index in [1.54, 1.807) is 0 Å². The third kappa shape index (κ3) is 5.25. The van der Waals surface area contributed by atoms with Crippen LogP contribution in [0.2, 0.25) is 0 Å². The van der Waals surface area contributed by atoms with E-state index in [0.29, 0.717) is 17.6 Å². The Morgan fingerprint density at radius 2 is 0.948 bits per heavy atom. The number of thiophene rings is 1. The Labute approximate surface area is 338 Å². The zero-order chi connectivity index (χ0) is 38.2. The van der Waals surface area contributed by atoms with Gasteiger partial charge in [0.25, 0.3) is 0 Å². The molecule has 270 valence electrons. The topological polar surface area (TPSA) is 43.6 Å². The van der Waals surface area contributed by atoms with Crippen LogP contribution >= 0.6 is 11.3 Å². The minimum Gasteiger partial charge on any atom is -0.277 e. The van der Waals surface area contributed by atoms with Gasteiger partial charge < -0.3 is 0 Å². The lowest BCUT2D eigenvalue weighted by Gasteiger charge is -2.14. The monoisotopic (exact) mass is 756 g/mol. The van der Waals surface area contributed by atoms with E-state index in [0.717, 1.165) is 54.8 Å². The maximum Gasteiger partial charge on any atom is 0.238 e. The average Bonchev–Trinajstić information content (AvgIpc) is 3.84. The highest BCUT2D eigenvalue weighted by atomic mass is 32.1. The van der Waals surface area contributed by atoms with Crippen LogP contribution in [0.25, 0.3) is 115 Å². The van der Waals surface area contributed by atoms with Crippen molar-refractivity contribution in [2.45, 2.75) is 0 Å². The summed E-state index contributed by atoms with van der Waals surface area (Å²) < 4.78 is 4.84. The first-order chi connectivity index (χ1) is 28.7. The molecule has 0 unspecified atom stereocenters. The number of hydrogen-bond donors (Lipinski definition) is 0. The summed E-state index contributed by atoms with van der Waals surface area (Å²) in [7, 11) is 0. The summed E-state index contributed by atoms with van der Waals surface area (Å²) >= 11 is 1.84. The van der Waals surface area contributed by atoms with E-state index in [9.17, 15) is 0 Å². The molecule has 0 saturated heterocycles. The normalized spacial score (nSPS) is 11.8. The van der Waals surface area contributed by atoms with Crippen LogP contribution in [0.15, 0.2) is 194 Å². The Hall–Kier alpha value is -7.47. The number of para-hydroxylation sites is 1. The molecule has 0 fully saturated rings. The van der Waals surface area contributed by atoms with Gasteiger partial charge in [0.1, 0.15) is 0 Å². The number of benzene rings is 9. The second kappa shape index (κ2) is 13.1. The Kier molecular flexibility index (Phi) is 7.37. The molecule has 3 heterocycles. The second-order valence-electron chi connectivity index (χ2n) is 14.8. The molecule has 0 aliphatic rings. The lowest BCUT2D eigenvalue weighted by Crippen LogP contribution is -2.07. The predicted octanol–water partition coefficient (Wildman–Crippen LogP) is 14.3. The van der Waals surface area contributed by atoms with Crippen molar-refractivity contribution in [2.75, 3.05) is 0 Å². The zero-order valence-electron chi connectivity index (χ0n) is 31.2. The fourth-order valence-corrected chi connectivity index (χ4v) is 9.80. The summed E-state index contributed by atoms with van der Waals surface area (Å²) in [5, 5.41) is 9.50. The van der Waals surface area contributed by atoms with Gasteiger partial charge in [0.05, 0.1) is 11.0 Å². The first-order valence-electron chi connectivity index (χ1n) is 19.5. The van der Waals surface area contributed by atoms with Gasteiger partial charge >= 0.3 is 0 Å². The Morgan fingerprint density at radius 3 is 1.78 bits per heavy atom. The van der Waals surface area contributed by atoms with Gasteiger partial charge in [0, 0.05) is 47.6 Å². The smallest absolute Gasteiger partial charge is 0.238 e. The number of fused-ring (bicyclic) bond motifs is 8. The molecule has 0 atom stereocenters. The third-order valence-corrected chi connectivity index (χ3v) is 12.6. The highest BCUT2D eigenvalue weighted by Gasteiger charge is 2.23. The Morgan fingerprint density at radius 1 is 0.362 bits per heavy atom. The molecular formula is C53H32N4S. The van der Waals surface area contributed by atoms with Crippen LogP contribution in [0.5, 0.6) is 0 Å². The maximum absolute atomic E-state index is 5.40. The molecule has 0 saturated carbocycles. The molecular weight excluding hydrogens is 725 g/mol. The van der Waals surface area contributed by atoms with Crippen molar-refractivity contribution in [1.82, 2.24) is 19.5 Å². The summed E-state index contributed by atoms with van der Waals surface area (Å²) in [6, 6.07) is 69.2. The summed E-state index contributed by atoms with van der Waals surface area (Å²) in [5.74, 6) is 1.81. The van der Waals surface area contributed by atoms with Crippen LogP contribution in [0.1, 0.15) is 0 Å². The van der Waals surface area contributed by atoms with E-state index in [-0.39, 0.29) is 0 Å². The quantitative estimate of drug-likeness (QED) is 0.176. The van der Waals surface area contributed by atoms with E-state index in [1.165, 1.54) is 42.1 Å². The molecule has 3 aromatic heterocycles. The molecule has 9 aromatic carbocycles. The van der Waals surface area contributed by atoms with Crippen molar-refractivity contribution in [2.24, 2.45) is 0 Å². The molecule has 58 heavy (non-hydrogen) atoms. The maximum atomic E-state index is 5.40. The minimum atomic E-state index is 0.574. The molecule has 0 radical (unpaired) electrons. The summed E-state index contributed by atoms with van der Waals surface area (Å²) in [4.78, 5) is 16.0. The van der Waals surface area contributed by atoms with E-state index in [1.807, 2.05) is 17.4 Å². The van der Waals surface area contributed by atoms with Crippen molar-refractivity contribution in [3.63, 3.8) is 0 Å². The van der Waals surface area contributed by atoms with Gasteiger partial charge in [0.2, 0.25) is 5.95 Å². The summed E-state index contributed by atoms with van der Waals surface area (Å²) in [6.07, 6.45) is 0. The van der Waals surface area contributed by atoms with Gasteiger partial charge in [-0.1, -0.05) is 164 Å². The van der Waals surface area contributed by atoms with Gasteiger partial charge in [-0.3, -0.25) is 4.57 Å². The number of nitrogens with zero attached hydrogens (tertiary/aromatic N) is 4. The van der Waals surface area contributed by atoms with E-state index < -0.39 is 0 Å². The van der Waals surface area contributed by atoms with Gasteiger partial charge in [-0.25, -0.2) is 4.98 Å². The standard InChI is InChI=1S/C53H32N4S/c1-2-12-33(13-3-1)35-24-27-36(28-25-35)51-54-52(40-29-26-34-14-4-5-15-37(34)30-40)56-53(55-51)57-46-32-39-17-7-6-16-38(39)31-45(46)43-21-10-20-42(50(43)57)41-19-11-23-48-49(41)44-18-8-9-22-47(44)58-48/h1-32H. The van der Waals surface area contributed by atoms with Crippen LogP contribution < -0.4 is 0 Å². The third-order valence-electron chi connectivity index (χ3n) is 11.4. The van der Waals surface area contributed by atoms with Crippen LogP contribution in [-0.2, 0) is 0 Å². The van der Waals surface area contributed by atoms with Crippen LogP contribution in [-0.4, -0.2) is 19.5 Å². The van der Waals surface area contributed by atoms with Crippen molar-refractivity contribution >= 4 is 74.9 Å². The van der Waals surface area contributed by atoms with E-state index >= 15 is 0 Å². The number of hydrogen-bond acceptors (Lipinski definition) is 4. The fourth-order valence-electron chi connectivity index (χ4n) is 8.67. The van der Waals surface area contributed by atoms with Gasteiger partial charge in [-0.2, -0.15) is 9.97 Å². The Bertz CT molecular complexity index is 3560. The van der Waals surface area contributed by atoms with Crippen LogP contribution in [0.3, 0.4) is 0 Å². The minimum absolute atomic E-state index is 0.574. The molecule has 0 N–H and O–H groups in total. The second-order valence-corrected chi connectivity index (χ2v) is 15.9. The fraction of sp³-hybridized carbons (Fsp3) is 0. The van der Waals surface area contributed by atoms with Gasteiger partial charge in [-0.15, -0.1) is 11.3 Å². The lowest BCUT2D eigenvalue weighted by molar-refractivity contribution is 0.954. The highest BCUT2D eigenvalue weighted by molar-refractivity contribution is 7.25. The molecule has 5 heteroatoms. The van der Waals surface area contributed by atoms with E-state index in [4.69, 9.17) is 15.0 Å². The molecule has 0 amide bonds. The van der Waals surface area contributed by atoms with Crippen molar-refractivity contribution < 1.29 is 0 Å². The molecule has 4 nitrogen and oxygen atoms in total. The zero-order valence-corrected chi connectivity index (χ0v) is 32.0. The van der Waals surface area contributed by atoms with Crippen LogP contribution in [0.4, 0.5) is 0 Å². The Balaban J connectivity index is 1.18. The first kappa shape index (κ1) is 32.7. The highest BCUT2D eigenvalue weighted by Crippen LogP contribution is 2.45. The first-order valence-corrected chi connectivity index (χ1v) is 20.3. The molecule has 0 bridgehead atoms. The average molecular weight is 757 g/mol. The SMILES string of the molecule is c1ccc(-c2ccc(-c3nc(-c4ccc5ccccc5c4)nc(-n4c5cc6ccccc6cc5c5cccc(-c6cccc7sc8ccccc8c67)c54)n3)cc2)cc1. The van der Waals surface area contributed by atoms with E-state index in [2.05, 4.69) is 193 Å². The van der Waals surface area contributed by atoms with Crippen LogP contribution in [0, 0.1) is 0 Å². The predicted molar refractivity (Wildman–Crippen MR) is 244 cm³/mol. The molecule has 0 spiro atoms. The molecule has 12 aromatic rings. The summed E-state index contributed by atoms with van der Waals surface area (Å²) in [6.45, 7) is 0. The van der Waals surface area contributed by atoms with Gasteiger partial charge in [0.15, 0.2) is 11.6 Å². The van der Waals surface area contributed by atoms with Crippen molar-refractivity contribution in [1.29, 1.82) is 0 Å². The molecule has 0 aliphatic carbocycles. The number of aromatic nitrogens is 4.